The molecule has 0 spiro atoms. The highest BCUT2D eigenvalue weighted by Gasteiger charge is 2.79. The topological polar surface area (TPSA) is 211 Å². The number of nitrogens with one attached hydrogen (secondary N) is 2. The number of aliphatic hydroxyl groups is 1. The third-order valence-electron chi connectivity index (χ3n) is 8.00. The zero-order chi connectivity index (χ0) is 34.7. The van der Waals surface area contributed by atoms with Crippen LogP contribution in [0.3, 0.4) is 0 Å². The number of carbonyl (C=O) groups excluding carboxylic acids is 2. The van der Waals surface area contributed by atoms with Crippen LogP contribution in [0.25, 0.3) is 11.2 Å². The van der Waals surface area contributed by atoms with Crippen LogP contribution in [0.15, 0.2) is 6.33 Å². The summed E-state index contributed by atoms with van der Waals surface area (Å²) in [6, 6.07) is -2.20. The zero-order valence-electron chi connectivity index (χ0n) is 27.8. The molecule has 4 rings (SSSR count). The van der Waals surface area contributed by atoms with E-state index in [0.717, 1.165) is 0 Å². The molecule has 1 aliphatic heterocycles. The Kier molecular flexibility index (Phi) is 11.8. The van der Waals surface area contributed by atoms with Crippen molar-refractivity contribution >= 4 is 36.7 Å². The molecule has 1 aliphatic carbocycles. The van der Waals surface area contributed by atoms with E-state index in [0.29, 0.717) is 0 Å². The lowest BCUT2D eigenvalue weighted by Crippen LogP contribution is -2.46. The Morgan fingerprint density at radius 1 is 1.06 bits per heavy atom. The summed E-state index contributed by atoms with van der Waals surface area (Å²) in [4.78, 5) is 38.5. The van der Waals surface area contributed by atoms with E-state index in [1.165, 1.54) is 10.9 Å². The second-order valence-corrected chi connectivity index (χ2v) is 14.3. The van der Waals surface area contributed by atoms with E-state index < -0.39 is 68.3 Å². The number of halogens is 1. The normalized spacial score (nSPS) is 25.2. The van der Waals surface area contributed by atoms with Gasteiger partial charge in [-0.05, 0) is 45.4 Å². The predicted octanol–water partition coefficient (Wildman–Crippen LogP) is 2.66. The van der Waals surface area contributed by atoms with Gasteiger partial charge in [0.15, 0.2) is 17.4 Å². The fraction of sp³-hybridized carbons (Fsp3) is 0.759. The Bertz CT molecular complexity index is 1420. The first-order valence-corrected chi connectivity index (χ1v) is 17.6. The number of nitrogens with two attached hydrogens (primary N) is 1. The third-order valence-corrected chi connectivity index (χ3v) is 9.82. The molecule has 0 bridgehead atoms. The number of imidazole rings is 1. The standard InChI is InChI=1S/C29H47FN7O9P/c1-8-42-24-19-23(33-28(31)34-24)37(14-32-19)25-20(38)29(13-30)21(45-25)22(29)46-47(41,35-17(11-15(4)5)26(39)43-9-2)36-18(12-16(6)7)27(40)44-10-3/h14-18,20-22,25,38H,8-13H2,1-7H3,(H2,31,33,34)(H2,35,36,41)/t17-,18-,20-,21+,22?,25+,29+/m0/s1. The first kappa shape index (κ1) is 36.9. The van der Waals surface area contributed by atoms with Crippen LogP contribution >= 0.6 is 7.67 Å². The number of esters is 2. The van der Waals surface area contributed by atoms with Crippen LogP contribution in [0, 0.1) is 17.3 Å². The number of nitrogen functional groups attached to an aromatic ring is 1. The van der Waals surface area contributed by atoms with Crippen molar-refractivity contribution in [1.82, 2.24) is 29.7 Å². The molecule has 2 fully saturated rings. The lowest BCUT2D eigenvalue weighted by atomic mass is 10.0. The second-order valence-electron chi connectivity index (χ2n) is 12.5. The Hall–Kier alpha value is -2.95. The van der Waals surface area contributed by atoms with Gasteiger partial charge in [0.25, 0.3) is 0 Å². The maximum atomic E-state index is 15.0. The number of carbonyl (C=O) groups is 2. The maximum absolute atomic E-state index is 15.0. The number of anilines is 1. The molecule has 0 radical (unpaired) electrons. The molecule has 1 saturated carbocycles. The highest BCUT2D eigenvalue weighted by molar-refractivity contribution is 7.54. The smallest absolute Gasteiger partial charge is 0.342 e. The van der Waals surface area contributed by atoms with Crippen molar-refractivity contribution in [1.29, 1.82) is 0 Å². The van der Waals surface area contributed by atoms with Crippen molar-refractivity contribution in [3.05, 3.63) is 6.33 Å². The molecule has 264 valence electrons. The van der Waals surface area contributed by atoms with Crippen molar-refractivity contribution in [3.63, 3.8) is 0 Å². The summed E-state index contributed by atoms with van der Waals surface area (Å²) in [5.41, 5.74) is 4.70. The van der Waals surface area contributed by atoms with Crippen LogP contribution in [0.1, 0.15) is 67.5 Å². The number of hydrogen-bond acceptors (Lipinski definition) is 13. The first-order chi connectivity index (χ1) is 22.2. The molecule has 5 N–H and O–H groups in total. The fourth-order valence-electron chi connectivity index (χ4n) is 5.85. The molecule has 7 atom stereocenters. The zero-order valence-corrected chi connectivity index (χ0v) is 28.7. The third kappa shape index (κ3) is 7.70. The van der Waals surface area contributed by atoms with Gasteiger partial charge in [0.2, 0.25) is 11.8 Å². The highest BCUT2D eigenvalue weighted by atomic mass is 31.2. The summed E-state index contributed by atoms with van der Waals surface area (Å²) in [7, 11) is -4.40. The molecule has 2 aromatic heterocycles. The van der Waals surface area contributed by atoms with E-state index in [9.17, 15) is 23.7 Å². The fourth-order valence-corrected chi connectivity index (χ4v) is 7.91. The molecule has 47 heavy (non-hydrogen) atoms. The molecule has 1 saturated heterocycles. The Morgan fingerprint density at radius 2 is 1.64 bits per heavy atom. The maximum Gasteiger partial charge on any atom is 0.342 e. The molecule has 2 aromatic rings. The average Bonchev–Trinajstić information content (AvgIpc) is 3.22. The van der Waals surface area contributed by atoms with Crippen molar-refractivity contribution in [2.75, 3.05) is 32.2 Å². The van der Waals surface area contributed by atoms with Crippen LogP contribution < -0.4 is 20.6 Å². The molecule has 0 aromatic carbocycles. The minimum Gasteiger partial charge on any atom is -0.476 e. The number of aliphatic hydroxyl groups excluding tert-OH is 1. The van der Waals surface area contributed by atoms with Gasteiger partial charge in [0.1, 0.15) is 37.1 Å². The number of ether oxygens (including phenoxy) is 4. The van der Waals surface area contributed by atoms with Crippen LogP contribution in [0.2, 0.25) is 0 Å². The van der Waals surface area contributed by atoms with Crippen LogP contribution in [-0.2, 0) is 32.9 Å². The minimum absolute atomic E-state index is 0.0311. The Balaban J connectivity index is 1.66. The van der Waals surface area contributed by atoms with E-state index in [4.69, 9.17) is 29.2 Å². The largest absolute Gasteiger partial charge is 0.476 e. The van der Waals surface area contributed by atoms with Gasteiger partial charge in [-0.2, -0.15) is 9.97 Å². The van der Waals surface area contributed by atoms with Crippen LogP contribution in [-0.4, -0.2) is 93.5 Å². The van der Waals surface area contributed by atoms with Crippen molar-refractivity contribution < 1.29 is 47.1 Å². The second kappa shape index (κ2) is 15.1. The Morgan fingerprint density at radius 3 is 2.11 bits per heavy atom. The van der Waals surface area contributed by atoms with Gasteiger partial charge in [0.05, 0.1) is 31.6 Å². The molecule has 2 aliphatic rings. The number of rotatable bonds is 18. The quantitative estimate of drug-likeness (QED) is 0.131. The van der Waals surface area contributed by atoms with Gasteiger partial charge in [-0.15, -0.1) is 0 Å². The minimum atomic E-state index is -4.40. The number of nitrogens with zero attached hydrogens (tertiary/aromatic N) is 4. The Labute approximate surface area is 273 Å². The van der Waals surface area contributed by atoms with Crippen LogP contribution in [0.4, 0.5) is 10.3 Å². The van der Waals surface area contributed by atoms with E-state index in [1.54, 1.807) is 20.8 Å². The van der Waals surface area contributed by atoms with E-state index in [-0.39, 0.29) is 67.5 Å². The number of fused-ring (bicyclic) bond motifs is 2. The monoisotopic (exact) mass is 687 g/mol. The lowest BCUT2D eigenvalue weighted by molar-refractivity contribution is -0.146. The summed E-state index contributed by atoms with van der Waals surface area (Å²) >= 11 is 0. The summed E-state index contributed by atoms with van der Waals surface area (Å²) in [6.45, 7) is 11.9. The van der Waals surface area contributed by atoms with Gasteiger partial charge in [-0.25, -0.2) is 15.2 Å². The van der Waals surface area contributed by atoms with Crippen molar-refractivity contribution in [2.45, 2.75) is 97.9 Å². The number of hydrogen-bond donors (Lipinski definition) is 4. The number of aromatic nitrogens is 4. The van der Waals surface area contributed by atoms with Crippen molar-refractivity contribution in [2.24, 2.45) is 17.3 Å². The predicted molar refractivity (Wildman–Crippen MR) is 168 cm³/mol. The van der Waals surface area contributed by atoms with Gasteiger partial charge < -0.3 is 29.8 Å². The van der Waals surface area contributed by atoms with Gasteiger partial charge in [-0.3, -0.25) is 27.6 Å². The SMILES string of the molecule is CCOC(=O)[C@H](CC(C)C)NP(=O)(N[C@@H](CC(C)C)C(=O)OCC)OC1[C@H]2O[C@@H](n3cnc4c(OCC)nc(N)nc43)[C@H](O)[C@@]12CF. The summed E-state index contributed by atoms with van der Waals surface area (Å²) < 4.78 is 59.3. The molecule has 3 heterocycles. The van der Waals surface area contributed by atoms with E-state index in [1.807, 2.05) is 27.7 Å². The van der Waals surface area contributed by atoms with E-state index >= 15 is 0 Å². The number of alkyl halides is 1. The molecule has 0 amide bonds. The molecular weight excluding hydrogens is 640 g/mol. The summed E-state index contributed by atoms with van der Waals surface area (Å²) in [6.07, 6.45) is -3.20. The van der Waals surface area contributed by atoms with Gasteiger partial charge in [-0.1, -0.05) is 27.7 Å². The first-order valence-electron chi connectivity index (χ1n) is 15.9. The average molecular weight is 688 g/mol. The highest BCUT2D eigenvalue weighted by Crippen LogP contribution is 2.66. The van der Waals surface area contributed by atoms with Gasteiger partial charge >= 0.3 is 19.6 Å². The molecule has 1 unspecified atom stereocenters. The van der Waals surface area contributed by atoms with Crippen LogP contribution in [0.5, 0.6) is 5.88 Å². The lowest BCUT2D eigenvalue weighted by Gasteiger charge is -2.31. The van der Waals surface area contributed by atoms with E-state index in [2.05, 4.69) is 25.1 Å². The molecule has 18 heteroatoms. The molecule has 16 nitrogen and oxygen atoms in total. The summed E-state index contributed by atoms with van der Waals surface area (Å²) in [5.74, 6) is -1.37. The van der Waals surface area contributed by atoms with Gasteiger partial charge in [0, 0.05) is 0 Å². The summed E-state index contributed by atoms with van der Waals surface area (Å²) in [5, 5.41) is 17.1. The van der Waals surface area contributed by atoms with Crippen molar-refractivity contribution in [3.8, 4) is 5.88 Å². The molecular formula is C29H47FN7O9P.